The number of halogens is 1. The molecule has 2 N–H and O–H groups in total. The number of aromatic hydroxyl groups is 2. The van der Waals surface area contributed by atoms with Gasteiger partial charge in [0.05, 0.1) is 23.3 Å². The topological polar surface area (TPSA) is 186 Å². The molecular weight excluding hydrogens is 1500 g/mol. The number of hydrogen-bond donors (Lipinski definition) is 2. The van der Waals surface area contributed by atoms with Gasteiger partial charge >= 0.3 is 17.9 Å². The molecule has 0 aliphatic heterocycles. The minimum absolute atomic E-state index is 0.0118. The molecule has 3 saturated carbocycles. The van der Waals surface area contributed by atoms with Gasteiger partial charge in [0.2, 0.25) is 0 Å². The smallest absolute Gasteiger partial charge is 0.309 e. The van der Waals surface area contributed by atoms with E-state index >= 15 is 0 Å². The zero-order chi connectivity index (χ0) is 83.5. The van der Waals surface area contributed by atoms with Crippen LogP contribution in [0.5, 0.6) is 17.2 Å². The molecule has 14 nitrogen and oxygen atoms in total. The van der Waals surface area contributed by atoms with Crippen LogP contribution in [0.2, 0.25) is 0 Å². The fourth-order valence-electron chi connectivity index (χ4n) is 15.7. The molecule has 0 unspecified atom stereocenters. The van der Waals surface area contributed by atoms with Crippen molar-refractivity contribution in [1.82, 2.24) is 9.80 Å². The second-order valence-electron chi connectivity index (χ2n) is 34.0. The molecule has 0 heterocycles. The minimum atomic E-state index is -0.309. The molecule has 2 amide bonds. The van der Waals surface area contributed by atoms with Crippen molar-refractivity contribution in [3.63, 3.8) is 0 Å². The number of amides is 2. The van der Waals surface area contributed by atoms with Gasteiger partial charge in [-0.2, -0.15) is 0 Å². The molecular formula is C100H133BrN2O12. The summed E-state index contributed by atoms with van der Waals surface area (Å²) >= 11 is 3.30. The van der Waals surface area contributed by atoms with E-state index in [1.54, 1.807) is 29.0 Å². The lowest BCUT2D eigenvalue weighted by atomic mass is 9.91. The van der Waals surface area contributed by atoms with Crippen molar-refractivity contribution in [2.75, 3.05) is 14.1 Å². The number of carbonyl (C=O) groups excluding carboxylic acids is 6. The van der Waals surface area contributed by atoms with Gasteiger partial charge < -0.3 is 39.0 Å². The highest BCUT2D eigenvalue weighted by atomic mass is 79.9. The quantitative estimate of drug-likeness (QED) is 0.0164. The number of phenolic OH excluding ortho intramolecular Hbond substituents is 2. The summed E-state index contributed by atoms with van der Waals surface area (Å²) in [5.41, 5.74) is 14.0. The largest absolute Gasteiger partial charge is 0.508 e. The summed E-state index contributed by atoms with van der Waals surface area (Å²) < 4.78 is 23.7. The van der Waals surface area contributed by atoms with E-state index in [-0.39, 0.29) is 88.8 Å². The second kappa shape index (κ2) is 48.7. The first-order chi connectivity index (χ1) is 55.1. The van der Waals surface area contributed by atoms with E-state index in [1.165, 1.54) is 42.0 Å². The Hall–Kier alpha value is -8.82. The highest BCUT2D eigenvalue weighted by Crippen LogP contribution is 2.36. The van der Waals surface area contributed by atoms with Gasteiger partial charge in [0.1, 0.15) is 48.5 Å². The van der Waals surface area contributed by atoms with Gasteiger partial charge in [-0.25, -0.2) is 0 Å². The molecule has 3 atom stereocenters. The second-order valence-corrected chi connectivity index (χ2v) is 34.5. The number of esters is 3. The third kappa shape index (κ3) is 32.0. The number of phenols is 2. The maximum absolute atomic E-state index is 13.7. The fourth-order valence-corrected chi connectivity index (χ4v) is 16.1. The predicted molar refractivity (Wildman–Crippen MR) is 469 cm³/mol. The van der Waals surface area contributed by atoms with E-state index in [2.05, 4.69) is 126 Å². The van der Waals surface area contributed by atoms with Crippen LogP contribution in [0.4, 0.5) is 0 Å². The number of hydrogen-bond acceptors (Lipinski definition) is 12. The molecule has 7 aromatic carbocycles. The summed E-state index contributed by atoms with van der Waals surface area (Å²) in [6.07, 6.45) is 24.1. The van der Waals surface area contributed by atoms with E-state index < -0.39 is 0 Å². The van der Waals surface area contributed by atoms with Crippen LogP contribution in [0.1, 0.15) is 289 Å². The Labute approximate surface area is 697 Å². The minimum Gasteiger partial charge on any atom is -0.508 e. The van der Waals surface area contributed by atoms with Crippen LogP contribution in [0.3, 0.4) is 0 Å². The van der Waals surface area contributed by atoms with E-state index in [0.29, 0.717) is 48.6 Å². The monoisotopic (exact) mass is 1630 g/mol. The summed E-state index contributed by atoms with van der Waals surface area (Å²) in [7, 11) is 3.54. The van der Waals surface area contributed by atoms with Gasteiger partial charge in [0, 0.05) is 55.3 Å². The summed E-state index contributed by atoms with van der Waals surface area (Å²) in [5.74, 6) is 1.32. The van der Waals surface area contributed by atoms with Crippen molar-refractivity contribution in [3.05, 3.63) is 236 Å². The Morgan fingerprint density at radius 2 is 0.870 bits per heavy atom. The van der Waals surface area contributed by atoms with Gasteiger partial charge in [-0.05, 0) is 264 Å². The van der Waals surface area contributed by atoms with Crippen LogP contribution >= 0.6 is 15.9 Å². The summed E-state index contributed by atoms with van der Waals surface area (Å²) in [5, 5.41) is 21.2. The number of carbonyl (C=O) groups is 6. The van der Waals surface area contributed by atoms with Crippen LogP contribution in [-0.2, 0) is 79.3 Å². The average Bonchev–Trinajstić information content (AvgIpc) is 1.20. The maximum atomic E-state index is 13.7. The molecule has 0 saturated heterocycles. The maximum Gasteiger partial charge on any atom is 0.309 e. The van der Waals surface area contributed by atoms with Crippen molar-refractivity contribution in [1.29, 1.82) is 0 Å². The number of aldehydes is 1. The van der Waals surface area contributed by atoms with Gasteiger partial charge in [-0.3, -0.25) is 28.8 Å². The number of alkyl halides is 1. The molecule has 3 aliphatic carbocycles. The van der Waals surface area contributed by atoms with Crippen LogP contribution < -0.4 is 4.74 Å². The van der Waals surface area contributed by atoms with Crippen molar-refractivity contribution in [2.24, 2.45) is 35.5 Å². The van der Waals surface area contributed by atoms with Crippen LogP contribution in [-0.4, -0.2) is 88.4 Å². The number of rotatable bonds is 36. The number of aryl methyl sites for hydroxylation is 5. The normalized spacial score (nSPS) is 14.3. The van der Waals surface area contributed by atoms with E-state index in [9.17, 15) is 39.0 Å². The molecule has 3 fully saturated rings. The third-order valence-corrected chi connectivity index (χ3v) is 22.6. The standard InChI is InChI=1S/C39H49NO4.C31H43NO5.C22H34O2.C8H7BrO/c1-27(2)21-33(39(42)44-34-17-10-11-18-34)20-19-30-15-12-16-32(23-30)25-40(6)38(41)36-24-35(28(3)4)37(22-29(36)5)43-26-31-13-8-7-9-14-31;1-20(2)15-24(31(36)37-25-11-6-7-12-25)14-13-22-9-8-10-23(16-22)19-32(5)30(35)27-17-26(21(3)4)28(33)18-29(27)34;1-4-8-18-9-7-10-19(16-18)13-14-20(15-17(2)3)22(23)24-21-11-5-6-12-21;9-5-7-2-1-3-8(4-7)6-10/h7-9,12-16,22-24,27,33-34H,3,10-11,17-21,25-26H2,1-2,4-6H3;8-10,16-18,20-21,24-25,33-34H,6-7,11-15,19H2,1-5H3;7,9-10,16-17,20-21H,4-6,8,11-15H2,1-3H3;1-4,6H,5H2/t33-;24-;20-;/m000./s1. The van der Waals surface area contributed by atoms with Crippen molar-refractivity contribution in [3.8, 4) is 17.2 Å². The van der Waals surface area contributed by atoms with Gasteiger partial charge in [-0.15, -0.1) is 0 Å². The average molecular weight is 1640 g/mol. The lowest BCUT2D eigenvalue weighted by Gasteiger charge is -2.22. The summed E-state index contributed by atoms with van der Waals surface area (Å²) in [6.45, 7) is 28.4. The molecule has 622 valence electrons. The van der Waals surface area contributed by atoms with Crippen LogP contribution in [0, 0.1) is 42.4 Å². The molecule has 0 spiro atoms. The van der Waals surface area contributed by atoms with Gasteiger partial charge in [0.15, 0.2) is 0 Å². The van der Waals surface area contributed by atoms with Crippen LogP contribution in [0.15, 0.2) is 158 Å². The first kappa shape index (κ1) is 93.3. The Morgan fingerprint density at radius 3 is 1.27 bits per heavy atom. The molecule has 10 rings (SSSR count). The third-order valence-electron chi connectivity index (χ3n) is 21.9. The molecule has 15 heteroatoms. The van der Waals surface area contributed by atoms with Crippen LogP contribution in [0.25, 0.3) is 5.57 Å². The van der Waals surface area contributed by atoms with Crippen molar-refractivity contribution in [2.45, 2.75) is 273 Å². The number of benzene rings is 7. The summed E-state index contributed by atoms with van der Waals surface area (Å²) in [6, 6.07) is 49.5. The number of nitrogens with zero attached hydrogens (tertiary/aromatic N) is 2. The van der Waals surface area contributed by atoms with Crippen molar-refractivity contribution < 1.29 is 57.9 Å². The van der Waals surface area contributed by atoms with Gasteiger partial charge in [0.25, 0.3) is 11.8 Å². The van der Waals surface area contributed by atoms with E-state index in [0.717, 1.165) is 196 Å². The SMILES string of the molecule is C=C(C)c1cc(C(=O)N(C)Cc2cccc(CC[C@@H](CC(C)C)C(=O)OC3CCCC3)c2)c(C)cc1OCc1ccccc1.CC(C)C[C@H](CCc1cccc(CN(C)C(=O)c2cc(C(C)C)c(O)cc2O)c1)C(=O)OC1CCCC1.CCCc1cccc(CC[C@@H](CC(C)C)C(=O)OC2CCCC2)c1.O=Cc1cccc(CBr)c1. The molecule has 0 aromatic heterocycles. The Bertz CT molecular complexity index is 4200. The van der Waals surface area contributed by atoms with Gasteiger partial charge in [-0.1, -0.05) is 213 Å². The molecule has 0 bridgehead atoms. The van der Waals surface area contributed by atoms with E-state index in [4.69, 9.17) is 18.9 Å². The number of allylic oxidation sites excluding steroid dienone is 1. The lowest BCUT2D eigenvalue weighted by Crippen LogP contribution is -2.27. The lowest BCUT2D eigenvalue weighted by molar-refractivity contribution is -0.155. The highest BCUT2D eigenvalue weighted by Gasteiger charge is 2.31. The molecule has 0 radical (unpaired) electrons. The zero-order valence-corrected chi connectivity index (χ0v) is 72.9. The summed E-state index contributed by atoms with van der Waals surface area (Å²) in [4.78, 5) is 78.9. The highest BCUT2D eigenvalue weighted by molar-refractivity contribution is 9.08. The predicted octanol–water partition coefficient (Wildman–Crippen LogP) is 23.6. The first-order valence-electron chi connectivity index (χ1n) is 42.6. The first-order valence-corrected chi connectivity index (χ1v) is 43.7. The van der Waals surface area contributed by atoms with E-state index in [1.807, 2.05) is 114 Å². The molecule has 7 aromatic rings. The Balaban J connectivity index is 0.000000232. The molecule has 3 aliphatic rings. The zero-order valence-electron chi connectivity index (χ0n) is 71.3. The molecule has 115 heavy (non-hydrogen) atoms. The number of ether oxygens (including phenoxy) is 4. The van der Waals surface area contributed by atoms with Crippen molar-refractivity contribution >= 4 is 57.5 Å². The Morgan fingerprint density at radius 1 is 0.478 bits per heavy atom. The fraction of sp³-hybridized carbons (Fsp3) is 0.500. The Kier molecular flexibility index (Phi) is 39.5.